The van der Waals surface area contributed by atoms with Crippen LogP contribution in [0.1, 0.15) is 17.3 Å². The Hall–Kier alpha value is -1.79. The highest BCUT2D eigenvalue weighted by Gasteiger charge is 2.22. The lowest BCUT2D eigenvalue weighted by atomic mass is 10.1. The van der Waals surface area contributed by atoms with Crippen LogP contribution in [0, 0.1) is 0 Å². The second-order valence-electron chi connectivity index (χ2n) is 6.09. The minimum Gasteiger partial charge on any atom is -0.399 e. The molecule has 118 valence electrons. The summed E-state index contributed by atoms with van der Waals surface area (Å²) >= 11 is 0. The van der Waals surface area contributed by atoms with Gasteiger partial charge in [0, 0.05) is 38.6 Å². The Bertz CT molecular complexity index is 498. The predicted molar refractivity (Wildman–Crippen MR) is 86.5 cm³/mol. The molecular weight excluding hydrogens is 268 g/mol. The average molecular weight is 294 g/mol. The molecule has 1 amide bonds. The van der Waals surface area contributed by atoms with Gasteiger partial charge in [-0.1, -0.05) is 0 Å². The van der Waals surface area contributed by atoms with Gasteiger partial charge in [0.2, 0.25) is 0 Å². The maximum absolute atomic E-state index is 12.2. The average Bonchev–Trinajstić information content (AvgIpc) is 2.34. The molecule has 1 aromatic rings. The van der Waals surface area contributed by atoms with Gasteiger partial charge in [-0.25, -0.2) is 0 Å². The van der Waals surface area contributed by atoms with Crippen LogP contribution in [0.5, 0.6) is 0 Å². The minimum atomic E-state index is -0.910. The van der Waals surface area contributed by atoms with Crippen molar-refractivity contribution in [1.82, 2.24) is 9.80 Å². The zero-order valence-electron chi connectivity index (χ0n) is 13.5. The van der Waals surface area contributed by atoms with Crippen molar-refractivity contribution in [2.75, 3.05) is 52.3 Å². The third-order valence-electron chi connectivity index (χ3n) is 3.00. The summed E-state index contributed by atoms with van der Waals surface area (Å²) in [6, 6.07) is 5.10. The van der Waals surface area contributed by atoms with Crippen LogP contribution in [-0.4, -0.2) is 67.7 Å². The van der Waals surface area contributed by atoms with Crippen LogP contribution in [0.4, 0.5) is 11.4 Å². The van der Waals surface area contributed by atoms with Gasteiger partial charge in [0.1, 0.15) is 0 Å². The molecule has 4 N–H and O–H groups in total. The number of carbonyl (C=O) groups is 1. The van der Waals surface area contributed by atoms with E-state index in [0.29, 0.717) is 30.0 Å². The molecule has 0 radical (unpaired) electrons. The lowest BCUT2D eigenvalue weighted by molar-refractivity contribution is 0.0459. The van der Waals surface area contributed by atoms with Crippen molar-refractivity contribution in [3.63, 3.8) is 0 Å². The number of rotatable bonds is 6. The Morgan fingerprint density at radius 1 is 1.33 bits per heavy atom. The quantitative estimate of drug-likeness (QED) is 0.673. The van der Waals surface area contributed by atoms with Crippen molar-refractivity contribution in [3.8, 4) is 0 Å². The Kier molecular flexibility index (Phi) is 5.57. The van der Waals surface area contributed by atoms with Crippen molar-refractivity contribution in [1.29, 1.82) is 0 Å². The molecule has 6 heteroatoms. The fraction of sp³-hybridized carbons (Fsp3) is 0.533. The molecule has 0 heterocycles. The first kappa shape index (κ1) is 17.3. The number of likely N-dealkylation sites (N-methyl/N-ethyl adjacent to an activating group) is 1. The van der Waals surface area contributed by atoms with Crippen LogP contribution in [0.2, 0.25) is 0 Å². The first-order chi connectivity index (χ1) is 9.62. The summed E-state index contributed by atoms with van der Waals surface area (Å²) in [5.41, 5.74) is 6.62. The molecule has 1 unspecified atom stereocenters. The van der Waals surface area contributed by atoms with Gasteiger partial charge in [0.25, 0.3) is 5.91 Å². The van der Waals surface area contributed by atoms with Crippen LogP contribution in [0.15, 0.2) is 18.2 Å². The van der Waals surface area contributed by atoms with E-state index in [0.717, 1.165) is 0 Å². The van der Waals surface area contributed by atoms with E-state index in [-0.39, 0.29) is 5.91 Å². The number of aliphatic hydroxyl groups is 1. The van der Waals surface area contributed by atoms with Crippen LogP contribution in [0.3, 0.4) is 0 Å². The molecule has 0 fully saturated rings. The summed E-state index contributed by atoms with van der Waals surface area (Å²) in [4.78, 5) is 15.6. The van der Waals surface area contributed by atoms with Gasteiger partial charge in [-0.2, -0.15) is 0 Å². The number of amides is 1. The third kappa shape index (κ3) is 5.24. The normalized spacial score (nSPS) is 13.9. The van der Waals surface area contributed by atoms with Gasteiger partial charge in [0.15, 0.2) is 0 Å². The van der Waals surface area contributed by atoms with E-state index >= 15 is 0 Å². The molecule has 0 spiro atoms. The van der Waals surface area contributed by atoms with Crippen LogP contribution >= 0.6 is 0 Å². The SMILES string of the molecule is CN(C)CC(C)(O)CNc1cc(N)ccc1C(=O)N(C)C. The minimum absolute atomic E-state index is 0.107. The van der Waals surface area contributed by atoms with Crippen molar-refractivity contribution in [2.45, 2.75) is 12.5 Å². The maximum Gasteiger partial charge on any atom is 0.255 e. The van der Waals surface area contributed by atoms with Crippen LogP contribution in [0.25, 0.3) is 0 Å². The summed E-state index contributed by atoms with van der Waals surface area (Å²) < 4.78 is 0. The summed E-state index contributed by atoms with van der Waals surface area (Å²) in [6.45, 7) is 2.58. The van der Waals surface area contributed by atoms with Crippen molar-refractivity contribution >= 4 is 17.3 Å². The first-order valence-electron chi connectivity index (χ1n) is 6.84. The maximum atomic E-state index is 12.2. The molecule has 6 nitrogen and oxygen atoms in total. The van der Waals surface area contributed by atoms with Gasteiger partial charge in [-0.05, 0) is 39.2 Å². The highest BCUT2D eigenvalue weighted by Crippen LogP contribution is 2.21. The molecule has 0 aliphatic rings. The van der Waals surface area contributed by atoms with Crippen LogP contribution < -0.4 is 11.1 Å². The number of hydrogen-bond acceptors (Lipinski definition) is 5. The molecule has 0 aromatic heterocycles. The number of nitrogens with one attached hydrogen (secondary N) is 1. The van der Waals surface area contributed by atoms with E-state index in [2.05, 4.69) is 5.32 Å². The Morgan fingerprint density at radius 2 is 1.95 bits per heavy atom. The number of carbonyl (C=O) groups excluding carboxylic acids is 1. The molecule has 0 aliphatic heterocycles. The van der Waals surface area contributed by atoms with Gasteiger partial charge < -0.3 is 26.0 Å². The standard InChI is InChI=1S/C15H26N4O2/c1-15(21,10-18(2)3)9-17-13-8-11(16)6-7-12(13)14(20)19(4)5/h6-8,17,21H,9-10,16H2,1-5H3. The molecule has 0 aliphatic carbocycles. The zero-order valence-corrected chi connectivity index (χ0v) is 13.5. The fourth-order valence-corrected chi connectivity index (χ4v) is 2.16. The van der Waals surface area contributed by atoms with Gasteiger partial charge >= 0.3 is 0 Å². The van der Waals surface area contributed by atoms with Crippen molar-refractivity contribution in [2.24, 2.45) is 0 Å². The van der Waals surface area contributed by atoms with E-state index in [1.807, 2.05) is 19.0 Å². The summed E-state index contributed by atoms with van der Waals surface area (Å²) in [6.07, 6.45) is 0. The summed E-state index contributed by atoms with van der Waals surface area (Å²) in [7, 11) is 7.20. The van der Waals surface area contributed by atoms with E-state index in [4.69, 9.17) is 5.73 Å². The molecule has 0 saturated heterocycles. The largest absolute Gasteiger partial charge is 0.399 e. The van der Waals surface area contributed by atoms with E-state index in [9.17, 15) is 9.90 Å². The highest BCUT2D eigenvalue weighted by atomic mass is 16.3. The molecule has 1 rings (SSSR count). The molecule has 1 atom stereocenters. The van der Waals surface area contributed by atoms with E-state index in [1.165, 1.54) is 4.90 Å². The molecular formula is C15H26N4O2. The topological polar surface area (TPSA) is 81.8 Å². The monoisotopic (exact) mass is 294 g/mol. The molecule has 1 aromatic carbocycles. The lowest BCUT2D eigenvalue weighted by Gasteiger charge is -2.28. The summed E-state index contributed by atoms with van der Waals surface area (Å²) in [5.74, 6) is -0.107. The Balaban J connectivity index is 2.92. The van der Waals surface area contributed by atoms with Gasteiger partial charge in [-0.15, -0.1) is 0 Å². The molecule has 0 bridgehead atoms. The predicted octanol–water partition coefficient (Wildman–Crippen LogP) is 0.695. The lowest BCUT2D eigenvalue weighted by Crippen LogP contribution is -2.43. The summed E-state index contributed by atoms with van der Waals surface area (Å²) in [5, 5.41) is 13.5. The Labute approximate surface area is 126 Å². The number of anilines is 2. The number of benzene rings is 1. The number of hydrogen-bond donors (Lipinski definition) is 3. The van der Waals surface area contributed by atoms with Crippen molar-refractivity contribution < 1.29 is 9.90 Å². The van der Waals surface area contributed by atoms with Crippen molar-refractivity contribution in [3.05, 3.63) is 23.8 Å². The highest BCUT2D eigenvalue weighted by molar-refractivity contribution is 6.00. The molecule has 0 saturated carbocycles. The number of nitrogens with two attached hydrogens (primary N) is 1. The number of nitrogens with zero attached hydrogens (tertiary/aromatic N) is 2. The van der Waals surface area contributed by atoms with E-state index in [1.54, 1.807) is 39.2 Å². The fourth-order valence-electron chi connectivity index (χ4n) is 2.16. The van der Waals surface area contributed by atoms with Crippen LogP contribution in [-0.2, 0) is 0 Å². The third-order valence-corrected chi connectivity index (χ3v) is 3.00. The van der Waals surface area contributed by atoms with Gasteiger partial charge in [-0.3, -0.25) is 4.79 Å². The van der Waals surface area contributed by atoms with E-state index < -0.39 is 5.60 Å². The second kappa shape index (κ2) is 6.78. The second-order valence-corrected chi connectivity index (χ2v) is 6.09. The smallest absolute Gasteiger partial charge is 0.255 e. The van der Waals surface area contributed by atoms with Gasteiger partial charge in [0.05, 0.1) is 11.2 Å². The number of nitrogen functional groups attached to an aromatic ring is 1. The zero-order chi connectivity index (χ0) is 16.2. The molecule has 21 heavy (non-hydrogen) atoms. The first-order valence-corrected chi connectivity index (χ1v) is 6.84. The Morgan fingerprint density at radius 3 is 2.48 bits per heavy atom.